The monoisotopic (exact) mass is 469 g/mol. The molecule has 1 amide bonds. The minimum atomic E-state index is -0.930. The molecule has 3 N–H and O–H groups in total. The number of thiophene rings is 1. The number of carbonyl (C=O) groups is 2. The predicted octanol–water partition coefficient (Wildman–Crippen LogP) is 6.11. The summed E-state index contributed by atoms with van der Waals surface area (Å²) >= 11 is 2.85. The van der Waals surface area contributed by atoms with Crippen molar-refractivity contribution >= 4 is 51.5 Å². The second-order valence-electron chi connectivity index (χ2n) is 7.53. The Kier molecular flexibility index (Phi) is 7.82. The van der Waals surface area contributed by atoms with E-state index in [0.717, 1.165) is 21.8 Å². The summed E-state index contributed by atoms with van der Waals surface area (Å²) in [5, 5.41) is 6.69. The van der Waals surface area contributed by atoms with Crippen molar-refractivity contribution in [1.29, 1.82) is 0 Å². The topological polar surface area (TPSA) is 79.5 Å². The Hall–Kier alpha value is -2.97. The Morgan fingerprint density at radius 2 is 1.75 bits per heavy atom. The zero-order valence-corrected chi connectivity index (χ0v) is 20.2. The van der Waals surface area contributed by atoms with Crippen molar-refractivity contribution in [3.63, 3.8) is 0 Å². The number of amides is 1. The van der Waals surface area contributed by atoms with E-state index in [-0.39, 0.29) is 12.5 Å². The molecule has 0 unspecified atom stereocenters. The maximum atomic E-state index is 13.2. The molecule has 3 rings (SSSR count). The molecule has 0 saturated heterocycles. The third-order valence-electron chi connectivity index (χ3n) is 4.62. The smallest absolute Gasteiger partial charge is 0.341 e. The quantitative estimate of drug-likeness (QED) is 0.259. The highest BCUT2D eigenvalue weighted by Gasteiger charge is 2.30. The van der Waals surface area contributed by atoms with Crippen LogP contribution in [0.3, 0.4) is 0 Å². The highest BCUT2D eigenvalue weighted by atomic mass is 32.2. The van der Waals surface area contributed by atoms with Crippen LogP contribution in [-0.2, 0) is 9.53 Å². The molecule has 3 aromatic rings. The van der Waals surface area contributed by atoms with E-state index in [4.69, 9.17) is 4.74 Å². The second-order valence-corrected chi connectivity index (χ2v) is 9.20. The average molecular weight is 470 g/mol. The lowest BCUT2D eigenvalue weighted by Gasteiger charge is -2.26. The minimum Gasteiger partial charge on any atom is -0.462 e. The molecule has 0 radical (unpaired) electrons. The van der Waals surface area contributed by atoms with E-state index >= 15 is 0 Å². The zero-order valence-electron chi connectivity index (χ0n) is 18.5. The van der Waals surface area contributed by atoms with Crippen LogP contribution in [0.25, 0.3) is 10.4 Å². The molecule has 2 aromatic carbocycles. The fourth-order valence-corrected chi connectivity index (χ4v) is 4.45. The summed E-state index contributed by atoms with van der Waals surface area (Å²) in [5.74, 6) is -0.712. The van der Waals surface area contributed by atoms with Crippen molar-refractivity contribution < 1.29 is 14.3 Å². The molecule has 0 aliphatic rings. The molecule has 8 heteroatoms. The first-order valence-electron chi connectivity index (χ1n) is 10.2. The van der Waals surface area contributed by atoms with Crippen molar-refractivity contribution in [3.8, 4) is 10.4 Å². The first-order chi connectivity index (χ1) is 15.3. The van der Waals surface area contributed by atoms with Crippen LogP contribution in [0.1, 0.15) is 31.1 Å². The van der Waals surface area contributed by atoms with Crippen LogP contribution in [0, 0.1) is 0 Å². The van der Waals surface area contributed by atoms with E-state index < -0.39 is 11.5 Å². The number of benzene rings is 2. The number of carbonyl (C=O) groups excluding carboxylic acids is 2. The van der Waals surface area contributed by atoms with E-state index in [1.54, 1.807) is 26.8 Å². The summed E-state index contributed by atoms with van der Waals surface area (Å²) in [7, 11) is 0. The molecule has 168 valence electrons. The van der Waals surface area contributed by atoms with Gasteiger partial charge < -0.3 is 20.1 Å². The molecule has 1 aromatic heterocycles. The largest absolute Gasteiger partial charge is 0.462 e. The van der Waals surface area contributed by atoms with Crippen molar-refractivity contribution in [3.05, 3.63) is 66.2 Å². The van der Waals surface area contributed by atoms with Gasteiger partial charge in [0.25, 0.3) is 0 Å². The van der Waals surface area contributed by atoms with Gasteiger partial charge in [-0.3, -0.25) is 4.79 Å². The number of anilines is 3. The van der Waals surface area contributed by atoms with E-state index in [1.807, 2.05) is 60.9 Å². The minimum absolute atomic E-state index is 0.257. The van der Waals surface area contributed by atoms with Gasteiger partial charge in [-0.2, -0.15) is 0 Å². The first-order valence-corrected chi connectivity index (χ1v) is 12.2. The average Bonchev–Trinajstić information content (AvgIpc) is 3.19. The van der Waals surface area contributed by atoms with Gasteiger partial charge in [-0.15, -0.1) is 11.3 Å². The van der Waals surface area contributed by atoms with Gasteiger partial charge >= 0.3 is 5.97 Å². The Labute approximate surface area is 196 Å². The summed E-state index contributed by atoms with van der Waals surface area (Å²) in [6.07, 6.45) is 1.95. The number of rotatable bonds is 9. The van der Waals surface area contributed by atoms with Gasteiger partial charge in [-0.05, 0) is 50.6 Å². The summed E-state index contributed by atoms with van der Waals surface area (Å²) in [5.41, 5.74) is 2.14. The lowest BCUT2D eigenvalue weighted by atomic mass is 10.0. The van der Waals surface area contributed by atoms with Crippen LogP contribution in [0.15, 0.2) is 60.7 Å². The SMILES string of the molecule is CCOC(=O)c1cc(-c2ccccc2)sc1NC(=O)C(C)(C)Nc1cccc(NSC)c1. The maximum Gasteiger partial charge on any atom is 0.341 e. The highest BCUT2D eigenvalue weighted by molar-refractivity contribution is 7.99. The number of esters is 1. The summed E-state index contributed by atoms with van der Waals surface area (Å²) in [6.45, 7) is 5.61. The van der Waals surface area contributed by atoms with Crippen LogP contribution in [0.4, 0.5) is 16.4 Å². The standard InChI is InChI=1S/C24H27N3O3S2/c1-5-30-22(28)19-15-20(16-10-7-6-8-11-16)32-21(19)25-23(29)24(2,3)26-17-12-9-13-18(14-17)27-31-4/h6-15,26-27H,5H2,1-4H3,(H,25,29). The first kappa shape index (κ1) is 23.7. The molecule has 32 heavy (non-hydrogen) atoms. The Bertz CT molecular complexity index is 1080. The van der Waals surface area contributed by atoms with E-state index in [1.165, 1.54) is 23.3 Å². The van der Waals surface area contributed by atoms with Crippen molar-refractivity contribution in [2.75, 3.05) is 28.2 Å². The molecular formula is C24H27N3O3S2. The summed E-state index contributed by atoms with van der Waals surface area (Å²) in [4.78, 5) is 26.6. The van der Waals surface area contributed by atoms with E-state index in [2.05, 4.69) is 15.4 Å². The van der Waals surface area contributed by atoms with E-state index in [0.29, 0.717) is 10.6 Å². The van der Waals surface area contributed by atoms with Gasteiger partial charge in [0.2, 0.25) is 5.91 Å². The number of nitrogens with one attached hydrogen (secondary N) is 3. The van der Waals surface area contributed by atoms with Gasteiger partial charge in [0.05, 0.1) is 12.2 Å². The summed E-state index contributed by atoms with van der Waals surface area (Å²) in [6, 6.07) is 19.2. The van der Waals surface area contributed by atoms with Crippen LogP contribution in [0.2, 0.25) is 0 Å². The molecule has 0 fully saturated rings. The van der Waals surface area contributed by atoms with Gasteiger partial charge in [0, 0.05) is 22.5 Å². The van der Waals surface area contributed by atoms with Gasteiger partial charge in [-0.1, -0.05) is 48.3 Å². The normalized spacial score (nSPS) is 11.0. The number of hydrogen-bond donors (Lipinski definition) is 3. The van der Waals surface area contributed by atoms with Crippen molar-refractivity contribution in [1.82, 2.24) is 0 Å². The van der Waals surface area contributed by atoms with E-state index in [9.17, 15) is 9.59 Å². The molecule has 0 bridgehead atoms. The van der Waals surface area contributed by atoms with Gasteiger partial charge in [0.1, 0.15) is 10.5 Å². The number of ether oxygens (including phenoxy) is 1. The summed E-state index contributed by atoms with van der Waals surface area (Å²) < 4.78 is 8.39. The van der Waals surface area contributed by atoms with Crippen LogP contribution in [0.5, 0.6) is 0 Å². The molecule has 0 spiro atoms. The van der Waals surface area contributed by atoms with Crippen LogP contribution >= 0.6 is 23.3 Å². The fourth-order valence-electron chi connectivity index (χ4n) is 3.04. The number of hydrogen-bond acceptors (Lipinski definition) is 7. The molecular weight excluding hydrogens is 442 g/mol. The van der Waals surface area contributed by atoms with Crippen LogP contribution < -0.4 is 15.4 Å². The molecule has 0 aliphatic carbocycles. The van der Waals surface area contributed by atoms with Crippen molar-refractivity contribution in [2.45, 2.75) is 26.3 Å². The van der Waals surface area contributed by atoms with Gasteiger partial charge in [-0.25, -0.2) is 4.79 Å². The Morgan fingerprint density at radius 1 is 1.03 bits per heavy atom. The lowest BCUT2D eigenvalue weighted by Crippen LogP contribution is -2.44. The molecule has 0 atom stereocenters. The van der Waals surface area contributed by atoms with Crippen molar-refractivity contribution in [2.24, 2.45) is 0 Å². The third-order valence-corrected chi connectivity index (χ3v) is 6.16. The second kappa shape index (κ2) is 10.6. The highest BCUT2D eigenvalue weighted by Crippen LogP contribution is 2.36. The molecule has 0 aliphatic heterocycles. The van der Waals surface area contributed by atoms with Gasteiger partial charge in [0.15, 0.2) is 0 Å². The zero-order chi connectivity index (χ0) is 23.1. The van der Waals surface area contributed by atoms with Crippen LogP contribution in [-0.4, -0.2) is 30.3 Å². The molecule has 1 heterocycles. The Balaban J connectivity index is 1.84. The Morgan fingerprint density at radius 3 is 2.44 bits per heavy atom. The fraction of sp³-hybridized carbons (Fsp3) is 0.250. The predicted molar refractivity (Wildman–Crippen MR) is 136 cm³/mol. The lowest BCUT2D eigenvalue weighted by molar-refractivity contribution is -0.119. The molecule has 0 saturated carbocycles. The third kappa shape index (κ3) is 5.83. The maximum absolute atomic E-state index is 13.2. The molecule has 6 nitrogen and oxygen atoms in total.